The summed E-state index contributed by atoms with van der Waals surface area (Å²) in [6, 6.07) is 8.14. The number of carbonyl (C=O) groups is 2. The number of primary amides is 1. The highest BCUT2D eigenvalue weighted by atomic mass is 16.1. The smallest absolute Gasteiger partial charge is 0.271 e. The first kappa shape index (κ1) is 23.6. The van der Waals surface area contributed by atoms with E-state index in [0.29, 0.717) is 24.7 Å². The van der Waals surface area contributed by atoms with E-state index < -0.39 is 5.91 Å². The molecule has 10 heteroatoms. The van der Waals surface area contributed by atoms with Crippen LogP contribution >= 0.6 is 0 Å². The zero-order valence-electron chi connectivity index (χ0n) is 18.9. The van der Waals surface area contributed by atoms with Crippen LogP contribution < -0.4 is 21.4 Å². The standard InChI is InChI=1S/C22H32N8O2/c1-28(2)14-16-6-8-17(9-7-16)25-22-20(21(23)32)24-13-19(26-22)30-10-4-5-18(15-30)27-29(3)11-12-31/h6-9,12-13,18,27H,4-5,10-11,14-15H2,1-3H3,(H2,23,32)(H,25,26)/t18-/m1/s1. The zero-order valence-corrected chi connectivity index (χ0v) is 18.9. The van der Waals surface area contributed by atoms with Crippen molar-refractivity contribution in [2.24, 2.45) is 5.73 Å². The van der Waals surface area contributed by atoms with Gasteiger partial charge in [0.2, 0.25) is 0 Å². The van der Waals surface area contributed by atoms with Gasteiger partial charge in [0, 0.05) is 38.4 Å². The van der Waals surface area contributed by atoms with Crippen LogP contribution in [0.1, 0.15) is 28.9 Å². The summed E-state index contributed by atoms with van der Waals surface area (Å²) in [5.74, 6) is 0.374. The van der Waals surface area contributed by atoms with E-state index in [1.54, 1.807) is 11.2 Å². The van der Waals surface area contributed by atoms with E-state index in [2.05, 4.69) is 30.5 Å². The van der Waals surface area contributed by atoms with E-state index in [9.17, 15) is 9.59 Å². The Morgan fingerprint density at radius 2 is 2.03 bits per heavy atom. The highest BCUT2D eigenvalue weighted by Gasteiger charge is 2.23. The SMILES string of the molecule is CN(C)Cc1ccc(Nc2nc(N3CCC[C@@H](NN(C)CC=O)C3)cnc2C(N)=O)cc1. The number of piperidine rings is 1. The number of hydrazine groups is 1. The molecule has 0 saturated carbocycles. The van der Waals surface area contributed by atoms with E-state index in [1.807, 2.05) is 45.4 Å². The molecule has 0 bridgehead atoms. The lowest BCUT2D eigenvalue weighted by molar-refractivity contribution is -0.109. The summed E-state index contributed by atoms with van der Waals surface area (Å²) in [6.45, 7) is 2.71. The summed E-state index contributed by atoms with van der Waals surface area (Å²) in [5, 5.41) is 4.98. The first-order chi connectivity index (χ1) is 15.4. The first-order valence-electron chi connectivity index (χ1n) is 10.7. The molecule has 1 amide bonds. The van der Waals surface area contributed by atoms with Crippen molar-refractivity contribution in [2.75, 3.05) is 51.0 Å². The van der Waals surface area contributed by atoms with Crippen LogP contribution in [0.4, 0.5) is 17.3 Å². The number of amides is 1. The number of anilines is 3. The van der Waals surface area contributed by atoms with Crippen molar-refractivity contribution in [3.8, 4) is 0 Å². The Balaban J connectivity index is 1.77. The third-order valence-electron chi connectivity index (χ3n) is 5.21. The van der Waals surface area contributed by atoms with E-state index in [4.69, 9.17) is 5.73 Å². The maximum atomic E-state index is 11.9. The molecule has 32 heavy (non-hydrogen) atoms. The average molecular weight is 441 g/mol. The molecule has 2 aromatic rings. The third-order valence-corrected chi connectivity index (χ3v) is 5.21. The van der Waals surface area contributed by atoms with Crippen molar-refractivity contribution < 1.29 is 9.59 Å². The van der Waals surface area contributed by atoms with E-state index >= 15 is 0 Å². The lowest BCUT2D eigenvalue weighted by atomic mass is 10.1. The molecule has 172 valence electrons. The van der Waals surface area contributed by atoms with Crippen molar-refractivity contribution >= 4 is 29.5 Å². The molecule has 4 N–H and O–H groups in total. The number of nitrogens with two attached hydrogens (primary N) is 1. The lowest BCUT2D eigenvalue weighted by Gasteiger charge is -2.35. The van der Waals surface area contributed by atoms with Gasteiger partial charge in [-0.25, -0.2) is 15.0 Å². The Labute approximate surface area is 188 Å². The van der Waals surface area contributed by atoms with Crippen LogP contribution in [0.15, 0.2) is 30.5 Å². The minimum absolute atomic E-state index is 0.100. The van der Waals surface area contributed by atoms with Gasteiger partial charge in [-0.1, -0.05) is 12.1 Å². The Kier molecular flexibility index (Phi) is 8.09. The molecule has 1 aromatic carbocycles. The molecular weight excluding hydrogens is 408 g/mol. The molecule has 0 spiro atoms. The average Bonchev–Trinajstić information content (AvgIpc) is 2.75. The number of nitrogens with zero attached hydrogens (tertiary/aromatic N) is 5. The van der Waals surface area contributed by atoms with Crippen molar-refractivity contribution in [2.45, 2.75) is 25.4 Å². The van der Waals surface area contributed by atoms with Crippen molar-refractivity contribution in [3.05, 3.63) is 41.7 Å². The fourth-order valence-corrected chi connectivity index (χ4v) is 3.76. The molecule has 1 atom stereocenters. The lowest BCUT2D eigenvalue weighted by Crippen LogP contribution is -2.51. The van der Waals surface area contributed by atoms with E-state index in [1.165, 1.54) is 5.56 Å². The highest BCUT2D eigenvalue weighted by molar-refractivity contribution is 5.96. The topological polar surface area (TPSA) is 120 Å². The maximum absolute atomic E-state index is 11.9. The van der Waals surface area contributed by atoms with Gasteiger partial charge in [0.25, 0.3) is 5.91 Å². The Morgan fingerprint density at radius 3 is 2.69 bits per heavy atom. The summed E-state index contributed by atoms with van der Waals surface area (Å²) >= 11 is 0. The third kappa shape index (κ3) is 6.46. The van der Waals surface area contributed by atoms with Gasteiger partial charge in [-0.2, -0.15) is 0 Å². The second kappa shape index (κ2) is 11.0. The highest BCUT2D eigenvalue weighted by Crippen LogP contribution is 2.24. The summed E-state index contributed by atoms with van der Waals surface area (Å²) in [4.78, 5) is 35.8. The van der Waals surface area contributed by atoms with Crippen molar-refractivity contribution in [3.63, 3.8) is 0 Å². The fourth-order valence-electron chi connectivity index (χ4n) is 3.76. The Morgan fingerprint density at radius 1 is 1.28 bits per heavy atom. The minimum Gasteiger partial charge on any atom is -0.364 e. The van der Waals surface area contributed by atoms with Crippen LogP contribution in [0, 0.1) is 0 Å². The van der Waals surface area contributed by atoms with Gasteiger partial charge in [-0.3, -0.25) is 10.2 Å². The molecule has 0 unspecified atom stereocenters. The van der Waals surface area contributed by atoms with Gasteiger partial charge in [0.05, 0.1) is 12.7 Å². The molecule has 1 aliphatic heterocycles. The van der Waals surface area contributed by atoms with Crippen LogP contribution in [-0.4, -0.2) is 78.9 Å². The second-order valence-corrected chi connectivity index (χ2v) is 8.31. The number of benzene rings is 1. The molecule has 0 radical (unpaired) electrons. The van der Waals surface area contributed by atoms with Crippen LogP contribution in [0.5, 0.6) is 0 Å². The Bertz CT molecular complexity index is 919. The Hall–Kier alpha value is -3.08. The van der Waals surface area contributed by atoms with Crippen LogP contribution in [0.25, 0.3) is 0 Å². The maximum Gasteiger partial charge on any atom is 0.271 e. The molecule has 2 heterocycles. The molecule has 0 aliphatic carbocycles. The number of carbonyl (C=O) groups excluding carboxylic acids is 2. The van der Waals surface area contributed by atoms with Gasteiger partial charge in [0.1, 0.15) is 12.1 Å². The number of aromatic nitrogens is 2. The van der Waals surface area contributed by atoms with Gasteiger partial charge < -0.3 is 25.6 Å². The number of hydrogen-bond donors (Lipinski definition) is 3. The summed E-state index contributed by atoms with van der Waals surface area (Å²) in [6.07, 6.45) is 4.43. The number of nitrogens with one attached hydrogen (secondary N) is 2. The monoisotopic (exact) mass is 440 g/mol. The van der Waals surface area contributed by atoms with Crippen LogP contribution in [-0.2, 0) is 11.3 Å². The normalized spacial score (nSPS) is 16.4. The molecule has 10 nitrogen and oxygen atoms in total. The van der Waals surface area contributed by atoms with Crippen molar-refractivity contribution in [1.29, 1.82) is 0 Å². The number of aldehydes is 1. The molecule has 1 aromatic heterocycles. The number of likely N-dealkylation sites (N-methyl/N-ethyl adjacent to an activating group) is 1. The summed E-state index contributed by atoms with van der Waals surface area (Å²) in [5.41, 5.74) is 11.0. The van der Waals surface area contributed by atoms with Gasteiger partial charge in [-0.15, -0.1) is 0 Å². The molecular formula is C22H32N8O2. The number of hydrogen-bond acceptors (Lipinski definition) is 9. The van der Waals surface area contributed by atoms with Crippen molar-refractivity contribution in [1.82, 2.24) is 25.3 Å². The fraction of sp³-hybridized carbons (Fsp3) is 0.455. The molecule has 3 rings (SSSR count). The molecule has 1 saturated heterocycles. The summed E-state index contributed by atoms with van der Waals surface area (Å²) in [7, 11) is 5.89. The quantitative estimate of drug-likeness (QED) is 0.367. The van der Waals surface area contributed by atoms with E-state index in [-0.39, 0.29) is 11.7 Å². The molecule has 1 fully saturated rings. The van der Waals surface area contributed by atoms with E-state index in [0.717, 1.165) is 37.9 Å². The minimum atomic E-state index is -0.635. The first-order valence-corrected chi connectivity index (χ1v) is 10.7. The van der Waals surface area contributed by atoms with Gasteiger partial charge in [-0.05, 0) is 44.6 Å². The largest absolute Gasteiger partial charge is 0.364 e. The second-order valence-electron chi connectivity index (χ2n) is 8.31. The number of rotatable bonds is 10. The van der Waals surface area contributed by atoms with Gasteiger partial charge >= 0.3 is 0 Å². The summed E-state index contributed by atoms with van der Waals surface area (Å²) < 4.78 is 0. The van der Waals surface area contributed by atoms with Crippen LogP contribution in [0.3, 0.4) is 0 Å². The molecule has 1 aliphatic rings. The van der Waals surface area contributed by atoms with Gasteiger partial charge in [0.15, 0.2) is 11.5 Å². The zero-order chi connectivity index (χ0) is 23.1. The van der Waals surface area contributed by atoms with Crippen LogP contribution in [0.2, 0.25) is 0 Å². The predicted molar refractivity (Wildman–Crippen MR) is 125 cm³/mol. The predicted octanol–water partition coefficient (Wildman–Crippen LogP) is 0.985.